The molecular weight excluding hydrogens is 405 g/mol. The van der Waals surface area contributed by atoms with Crippen LogP contribution in [-0.2, 0) is 24.4 Å². The zero-order valence-electron chi connectivity index (χ0n) is 12.7. The van der Waals surface area contributed by atoms with Crippen molar-refractivity contribution in [1.29, 1.82) is 0 Å². The Morgan fingerprint density at radius 3 is 2.56 bits per heavy atom. The van der Waals surface area contributed by atoms with Crippen molar-refractivity contribution in [2.24, 2.45) is 0 Å². The third kappa shape index (κ3) is 3.66. The number of benzene rings is 1. The fourth-order valence-electron chi connectivity index (χ4n) is 2.27. The van der Waals surface area contributed by atoms with E-state index in [4.69, 9.17) is 13.7 Å². The maximum Gasteiger partial charge on any atom is 0.426 e. The highest BCUT2D eigenvalue weighted by molar-refractivity contribution is 7.85. The van der Waals surface area contributed by atoms with Gasteiger partial charge in [-0.25, -0.2) is 14.4 Å². The summed E-state index contributed by atoms with van der Waals surface area (Å²) in [5, 5.41) is 0. The number of hydrogen-bond acceptors (Lipinski definition) is 9. The van der Waals surface area contributed by atoms with Crippen LogP contribution in [-0.4, -0.2) is 55.5 Å². The number of alkyl halides is 3. The summed E-state index contributed by atoms with van der Waals surface area (Å²) in [6, 6.07) is 1.19. The van der Waals surface area contributed by atoms with Crippen molar-refractivity contribution >= 4 is 39.2 Å². The van der Waals surface area contributed by atoms with Crippen LogP contribution in [0.3, 0.4) is 0 Å². The van der Waals surface area contributed by atoms with Crippen molar-refractivity contribution < 1.29 is 59.2 Å². The van der Waals surface area contributed by atoms with Crippen molar-refractivity contribution in [3.05, 3.63) is 17.2 Å². The van der Waals surface area contributed by atoms with E-state index in [0.29, 0.717) is 0 Å². The highest BCUT2D eigenvalue weighted by Crippen LogP contribution is 2.43. The third-order valence-electron chi connectivity index (χ3n) is 3.35. The third-order valence-corrected chi connectivity index (χ3v) is 4.08. The van der Waals surface area contributed by atoms with Crippen molar-refractivity contribution in [3.63, 3.8) is 0 Å². The van der Waals surface area contributed by atoms with Gasteiger partial charge in [0.1, 0.15) is 22.5 Å². The predicted octanol–water partition coefficient (Wildman–Crippen LogP) is 0.922. The van der Waals surface area contributed by atoms with E-state index in [2.05, 4.69) is 9.47 Å². The molecule has 10 nitrogen and oxygen atoms in total. The van der Waals surface area contributed by atoms with E-state index >= 15 is 0 Å². The first-order chi connectivity index (χ1) is 12.4. The molecule has 14 heteroatoms. The molecule has 2 aromatic heterocycles. The first-order valence-corrected chi connectivity index (χ1v) is 8.47. The van der Waals surface area contributed by atoms with Gasteiger partial charge in [-0.2, -0.15) is 21.6 Å². The number of carbonyl (C=O) groups is 3. The minimum Gasteiger partial charge on any atom is -0.451 e. The second-order valence-electron chi connectivity index (χ2n) is 5.29. The van der Waals surface area contributed by atoms with Crippen LogP contribution < -0.4 is 4.74 Å². The number of carbonyl (C=O) groups excluding carboxylic acids is 3. The summed E-state index contributed by atoms with van der Waals surface area (Å²) in [5.41, 5.74) is -0.333. The lowest BCUT2D eigenvalue weighted by Crippen LogP contribution is -2.40. The van der Waals surface area contributed by atoms with Gasteiger partial charge >= 0.3 is 24.1 Å². The molecule has 3 heterocycles. The van der Waals surface area contributed by atoms with Crippen LogP contribution in [0.1, 0.15) is 20.7 Å². The average molecular weight is 412 g/mol. The molecule has 1 aliphatic rings. The molecule has 1 atom stereocenters. The Morgan fingerprint density at radius 1 is 1.30 bits per heavy atom. The Balaban J connectivity index is 1.63. The van der Waals surface area contributed by atoms with Crippen molar-refractivity contribution in [2.45, 2.75) is 12.3 Å². The van der Waals surface area contributed by atoms with E-state index in [1.807, 2.05) is 0 Å². The molecule has 2 aromatic rings. The van der Waals surface area contributed by atoms with Gasteiger partial charge in [-0.1, -0.05) is 0 Å². The first-order valence-electron chi connectivity index (χ1n) is 6.86. The Morgan fingerprint density at radius 2 is 1.96 bits per heavy atom. The molecule has 0 radical (unpaired) electrons. The predicted molar refractivity (Wildman–Crippen MR) is 75.0 cm³/mol. The Bertz CT molecular complexity index is 1030. The number of hydrogen-bond donors (Lipinski definition) is 1. The van der Waals surface area contributed by atoms with Gasteiger partial charge < -0.3 is 18.6 Å². The fraction of sp³-hybridized carbons (Fsp3) is 0.308. The van der Waals surface area contributed by atoms with Crippen LogP contribution in [0, 0.1) is 0 Å². The largest absolute Gasteiger partial charge is 0.451 e. The van der Waals surface area contributed by atoms with Gasteiger partial charge in [-0.15, -0.1) is 0 Å². The zero-order chi connectivity index (χ0) is 20.1. The normalized spacial score (nSPS) is 15.0. The molecule has 2 bridgehead atoms. The monoisotopic (exact) mass is 412 g/mol. The van der Waals surface area contributed by atoms with Crippen LogP contribution in [0.2, 0.25) is 0 Å². The number of esters is 3. The summed E-state index contributed by atoms with van der Waals surface area (Å²) < 4.78 is 85.9. The SMILES string of the molecule is O=C(COC(=O)c1c2c3oc1cc3C(=O)O2)OC(CS(=O)(=O)O)C(F)(F)F. The van der Waals surface area contributed by atoms with E-state index in [0.717, 1.165) is 0 Å². The standard InChI is InChI=1S/C13H7F3O10S/c14-13(15,16)6(3-27(20,21)22)25-7(17)2-23-12(19)8-5-1-4-9(24-5)10(8)26-11(4)18/h1,6H,2-3H2,(H,20,21,22). The maximum absolute atomic E-state index is 12.7. The van der Waals surface area contributed by atoms with Crippen molar-refractivity contribution in [2.75, 3.05) is 12.4 Å². The van der Waals surface area contributed by atoms with Crippen LogP contribution in [0.5, 0.6) is 5.75 Å². The van der Waals surface area contributed by atoms with Gasteiger partial charge in [-0.3, -0.25) is 4.55 Å². The summed E-state index contributed by atoms with van der Waals surface area (Å²) in [4.78, 5) is 34.8. The van der Waals surface area contributed by atoms with Crippen LogP contribution >= 0.6 is 0 Å². The number of halogens is 3. The number of furan rings is 2. The van der Waals surface area contributed by atoms with Crippen molar-refractivity contribution in [1.82, 2.24) is 0 Å². The molecule has 0 aromatic carbocycles. The van der Waals surface area contributed by atoms with E-state index in [1.54, 1.807) is 0 Å². The molecule has 0 aliphatic carbocycles. The fourth-order valence-corrected chi connectivity index (χ4v) is 2.91. The molecule has 0 saturated carbocycles. The van der Waals surface area contributed by atoms with E-state index in [-0.39, 0.29) is 28.0 Å². The molecule has 0 saturated heterocycles. The molecule has 1 aliphatic heterocycles. The second kappa shape index (κ2) is 6.09. The minimum absolute atomic E-state index is 0.00480. The van der Waals surface area contributed by atoms with E-state index < -0.39 is 52.7 Å². The summed E-state index contributed by atoms with van der Waals surface area (Å²) in [6.45, 7) is -1.30. The first kappa shape index (κ1) is 18.9. The Kier molecular flexibility index (Phi) is 4.26. The molecular formula is C13H7F3O10S. The van der Waals surface area contributed by atoms with Crippen LogP contribution in [0.4, 0.5) is 13.2 Å². The van der Waals surface area contributed by atoms with Gasteiger partial charge in [0.15, 0.2) is 17.9 Å². The highest BCUT2D eigenvalue weighted by atomic mass is 32.2. The number of rotatable bonds is 6. The summed E-state index contributed by atoms with van der Waals surface area (Å²) >= 11 is 0. The average Bonchev–Trinajstić information content (AvgIpc) is 3.12. The van der Waals surface area contributed by atoms with Gasteiger partial charge in [0, 0.05) is 6.07 Å². The van der Waals surface area contributed by atoms with Crippen molar-refractivity contribution in [3.8, 4) is 5.75 Å². The van der Waals surface area contributed by atoms with E-state index in [9.17, 15) is 36.0 Å². The lowest BCUT2D eigenvalue weighted by Gasteiger charge is -2.19. The smallest absolute Gasteiger partial charge is 0.426 e. The zero-order valence-corrected chi connectivity index (χ0v) is 13.5. The number of ether oxygens (including phenoxy) is 3. The summed E-state index contributed by atoms with van der Waals surface area (Å²) in [6.07, 6.45) is -8.44. The van der Waals surface area contributed by atoms with Crippen LogP contribution in [0.25, 0.3) is 11.2 Å². The molecule has 0 spiro atoms. The maximum atomic E-state index is 12.7. The molecule has 0 fully saturated rings. The highest BCUT2D eigenvalue weighted by Gasteiger charge is 2.45. The summed E-state index contributed by atoms with van der Waals surface area (Å²) in [5.74, 6) is -5.88. The topological polar surface area (TPSA) is 146 Å². The Hall–Kier alpha value is -2.87. The lowest BCUT2D eigenvalue weighted by atomic mass is 10.1. The quantitative estimate of drug-likeness (QED) is 0.537. The second-order valence-corrected chi connectivity index (χ2v) is 6.79. The minimum atomic E-state index is -5.29. The van der Waals surface area contributed by atoms with E-state index in [1.165, 1.54) is 6.07 Å². The van der Waals surface area contributed by atoms with Gasteiger partial charge in [0.05, 0.1) is 0 Å². The molecule has 3 rings (SSSR count). The van der Waals surface area contributed by atoms with Gasteiger partial charge in [0.25, 0.3) is 10.1 Å². The Labute approximate surface area is 146 Å². The van der Waals surface area contributed by atoms with Gasteiger partial charge in [-0.05, 0) is 0 Å². The molecule has 0 amide bonds. The molecule has 146 valence electrons. The molecule has 1 N–H and O–H groups in total. The lowest BCUT2D eigenvalue weighted by molar-refractivity contribution is -0.216. The number of fused-ring (bicyclic) bond motifs is 1. The van der Waals surface area contributed by atoms with Gasteiger partial charge in [0.2, 0.25) is 6.10 Å². The van der Waals surface area contributed by atoms with Crippen LogP contribution in [0.15, 0.2) is 10.5 Å². The molecule has 27 heavy (non-hydrogen) atoms. The molecule has 1 unspecified atom stereocenters. The summed E-state index contributed by atoms with van der Waals surface area (Å²) in [7, 11) is -5.10.